The number of halogens is 1. The van der Waals surface area contributed by atoms with Crippen molar-refractivity contribution < 1.29 is 4.79 Å². The maximum atomic E-state index is 12.4. The summed E-state index contributed by atoms with van der Waals surface area (Å²) >= 11 is 5.78. The van der Waals surface area contributed by atoms with Crippen molar-refractivity contribution in [3.05, 3.63) is 29.0 Å². The summed E-state index contributed by atoms with van der Waals surface area (Å²) in [7, 11) is 0. The van der Waals surface area contributed by atoms with Crippen molar-refractivity contribution in [3.63, 3.8) is 0 Å². The molecule has 4 nitrogen and oxygen atoms in total. The number of nitrogens with zero attached hydrogens (tertiary/aromatic N) is 2. The smallest absolute Gasteiger partial charge is 0.272 e. The van der Waals surface area contributed by atoms with Gasteiger partial charge in [0.15, 0.2) is 0 Å². The van der Waals surface area contributed by atoms with Crippen molar-refractivity contribution in [1.29, 1.82) is 0 Å². The lowest BCUT2D eigenvalue weighted by atomic mass is 10.1. The number of rotatable bonds is 3. The van der Waals surface area contributed by atoms with Gasteiger partial charge in [-0.15, -0.1) is 0 Å². The molecule has 1 aromatic heterocycles. The Hall–Kier alpha value is -1.13. The minimum Gasteiger partial charge on any atom is -0.333 e. The first kappa shape index (κ1) is 13.3. The molecule has 1 aromatic rings. The number of amides is 1. The standard InChI is InChI=1S/C13H18ClN3O/c1-2-17(11-4-3-7-15-9-11)13(18)12-6-5-10(14)8-16-12/h5-6,8,11,15H,2-4,7,9H2,1H3. The van der Waals surface area contributed by atoms with Gasteiger partial charge in [0.05, 0.1) is 5.02 Å². The highest BCUT2D eigenvalue weighted by atomic mass is 35.5. The fourth-order valence-electron chi connectivity index (χ4n) is 2.32. The Bertz CT molecular complexity index is 401. The zero-order valence-corrected chi connectivity index (χ0v) is 11.3. The van der Waals surface area contributed by atoms with Crippen molar-refractivity contribution in [2.75, 3.05) is 19.6 Å². The van der Waals surface area contributed by atoms with E-state index in [4.69, 9.17) is 11.6 Å². The first-order valence-electron chi connectivity index (χ1n) is 6.35. The fourth-order valence-corrected chi connectivity index (χ4v) is 2.43. The van der Waals surface area contributed by atoms with Gasteiger partial charge in [0.2, 0.25) is 0 Å². The number of hydrogen-bond acceptors (Lipinski definition) is 3. The lowest BCUT2D eigenvalue weighted by Crippen LogP contribution is -2.48. The Morgan fingerprint density at radius 3 is 3.00 bits per heavy atom. The highest BCUT2D eigenvalue weighted by Gasteiger charge is 2.25. The fraction of sp³-hybridized carbons (Fsp3) is 0.538. The highest BCUT2D eigenvalue weighted by molar-refractivity contribution is 6.30. The van der Waals surface area contributed by atoms with Crippen LogP contribution in [0.15, 0.2) is 18.3 Å². The molecule has 1 atom stereocenters. The van der Waals surface area contributed by atoms with Gasteiger partial charge in [-0.3, -0.25) is 4.79 Å². The summed E-state index contributed by atoms with van der Waals surface area (Å²) in [4.78, 5) is 18.4. The van der Waals surface area contributed by atoms with Gasteiger partial charge in [-0.25, -0.2) is 4.98 Å². The van der Waals surface area contributed by atoms with E-state index < -0.39 is 0 Å². The van der Waals surface area contributed by atoms with Crippen LogP contribution in [0.1, 0.15) is 30.3 Å². The van der Waals surface area contributed by atoms with Gasteiger partial charge in [-0.1, -0.05) is 11.6 Å². The second kappa shape index (κ2) is 6.16. The van der Waals surface area contributed by atoms with Crippen LogP contribution in [-0.2, 0) is 0 Å². The number of nitrogens with one attached hydrogen (secondary N) is 1. The SMILES string of the molecule is CCN(C(=O)c1ccc(Cl)cn1)C1CCCNC1. The van der Waals surface area contributed by atoms with Gasteiger partial charge in [0, 0.05) is 25.3 Å². The van der Waals surface area contributed by atoms with Crippen molar-refractivity contribution in [3.8, 4) is 0 Å². The molecule has 0 bridgehead atoms. The molecule has 1 fully saturated rings. The molecule has 1 amide bonds. The first-order valence-corrected chi connectivity index (χ1v) is 6.73. The molecule has 5 heteroatoms. The third-order valence-corrected chi connectivity index (χ3v) is 3.48. The molecular weight excluding hydrogens is 250 g/mol. The van der Waals surface area contributed by atoms with Crippen molar-refractivity contribution in [1.82, 2.24) is 15.2 Å². The molecule has 0 aliphatic carbocycles. The lowest BCUT2D eigenvalue weighted by molar-refractivity contribution is 0.0656. The first-order chi connectivity index (χ1) is 8.72. The van der Waals surface area contributed by atoms with Gasteiger partial charge >= 0.3 is 0 Å². The number of carbonyl (C=O) groups excluding carboxylic acids is 1. The van der Waals surface area contributed by atoms with Crippen LogP contribution in [0.4, 0.5) is 0 Å². The third kappa shape index (κ3) is 3.00. The quantitative estimate of drug-likeness (QED) is 0.911. The topological polar surface area (TPSA) is 45.2 Å². The average Bonchev–Trinajstić information content (AvgIpc) is 2.41. The predicted molar refractivity (Wildman–Crippen MR) is 71.8 cm³/mol. The third-order valence-electron chi connectivity index (χ3n) is 3.26. The molecule has 98 valence electrons. The normalized spacial score (nSPS) is 19.6. The Balaban J connectivity index is 2.11. The predicted octanol–water partition coefficient (Wildman–Crippen LogP) is 1.95. The van der Waals surface area contributed by atoms with Gasteiger partial charge in [0.25, 0.3) is 5.91 Å². The Kier molecular flexibility index (Phi) is 4.55. The second-order valence-electron chi connectivity index (χ2n) is 4.45. The van der Waals surface area contributed by atoms with Crippen LogP contribution in [0, 0.1) is 0 Å². The van der Waals surface area contributed by atoms with Crippen molar-refractivity contribution in [2.45, 2.75) is 25.8 Å². The van der Waals surface area contributed by atoms with E-state index >= 15 is 0 Å². The summed E-state index contributed by atoms with van der Waals surface area (Å²) in [5.74, 6) is -0.0112. The zero-order chi connectivity index (χ0) is 13.0. The Morgan fingerprint density at radius 2 is 2.44 bits per heavy atom. The molecule has 2 heterocycles. The summed E-state index contributed by atoms with van der Waals surface area (Å²) in [5.41, 5.74) is 0.465. The molecular formula is C13H18ClN3O. The van der Waals surface area contributed by atoms with Crippen molar-refractivity contribution in [2.24, 2.45) is 0 Å². The van der Waals surface area contributed by atoms with E-state index in [1.54, 1.807) is 12.1 Å². The number of piperidine rings is 1. The van der Waals surface area contributed by atoms with Gasteiger partial charge in [0.1, 0.15) is 5.69 Å². The Labute approximate surface area is 112 Å². The molecule has 2 rings (SSSR count). The number of aromatic nitrogens is 1. The van der Waals surface area contributed by atoms with Crippen LogP contribution in [0.2, 0.25) is 5.02 Å². The molecule has 0 radical (unpaired) electrons. The van der Waals surface area contributed by atoms with E-state index in [0.717, 1.165) is 25.9 Å². The van der Waals surface area contributed by atoms with E-state index in [0.29, 0.717) is 17.3 Å². The maximum absolute atomic E-state index is 12.4. The molecule has 18 heavy (non-hydrogen) atoms. The van der Waals surface area contributed by atoms with E-state index in [1.807, 2.05) is 11.8 Å². The van der Waals surface area contributed by atoms with Gasteiger partial charge in [-0.05, 0) is 38.4 Å². The minimum absolute atomic E-state index is 0.0112. The molecule has 0 saturated carbocycles. The van der Waals surface area contributed by atoms with Gasteiger partial charge in [-0.2, -0.15) is 0 Å². The second-order valence-corrected chi connectivity index (χ2v) is 4.89. The maximum Gasteiger partial charge on any atom is 0.272 e. The number of pyridine rings is 1. The highest BCUT2D eigenvalue weighted by Crippen LogP contribution is 2.14. The number of hydrogen-bond donors (Lipinski definition) is 1. The summed E-state index contributed by atoms with van der Waals surface area (Å²) in [6.45, 7) is 4.62. The largest absolute Gasteiger partial charge is 0.333 e. The summed E-state index contributed by atoms with van der Waals surface area (Å²) in [5, 5.41) is 3.88. The summed E-state index contributed by atoms with van der Waals surface area (Å²) in [6, 6.07) is 3.66. The van der Waals surface area contributed by atoms with Crippen LogP contribution >= 0.6 is 11.6 Å². The van der Waals surface area contributed by atoms with E-state index in [1.165, 1.54) is 6.20 Å². The van der Waals surface area contributed by atoms with Crippen LogP contribution in [-0.4, -0.2) is 41.5 Å². The molecule has 1 aliphatic rings. The molecule has 1 saturated heterocycles. The Morgan fingerprint density at radius 1 is 1.61 bits per heavy atom. The summed E-state index contributed by atoms with van der Waals surface area (Å²) < 4.78 is 0. The van der Waals surface area contributed by atoms with Crippen LogP contribution in [0.25, 0.3) is 0 Å². The minimum atomic E-state index is -0.0112. The van der Waals surface area contributed by atoms with Gasteiger partial charge < -0.3 is 10.2 Å². The monoisotopic (exact) mass is 267 g/mol. The number of carbonyl (C=O) groups is 1. The molecule has 1 N–H and O–H groups in total. The molecule has 1 unspecified atom stereocenters. The molecule has 0 spiro atoms. The van der Waals surface area contributed by atoms with E-state index in [9.17, 15) is 4.79 Å². The molecule has 1 aliphatic heterocycles. The molecule has 0 aromatic carbocycles. The number of likely N-dealkylation sites (N-methyl/N-ethyl adjacent to an activating group) is 1. The lowest BCUT2D eigenvalue weighted by Gasteiger charge is -2.33. The van der Waals surface area contributed by atoms with Crippen LogP contribution in [0.5, 0.6) is 0 Å². The summed E-state index contributed by atoms with van der Waals surface area (Å²) in [6.07, 6.45) is 3.68. The zero-order valence-electron chi connectivity index (χ0n) is 10.5. The average molecular weight is 268 g/mol. The van der Waals surface area contributed by atoms with E-state index in [-0.39, 0.29) is 11.9 Å². The van der Waals surface area contributed by atoms with Crippen LogP contribution < -0.4 is 5.32 Å². The van der Waals surface area contributed by atoms with Crippen molar-refractivity contribution >= 4 is 17.5 Å². The van der Waals surface area contributed by atoms with E-state index in [2.05, 4.69) is 10.3 Å². The van der Waals surface area contributed by atoms with Crippen LogP contribution in [0.3, 0.4) is 0 Å².